The minimum atomic E-state index is 0.536. The Morgan fingerprint density at radius 1 is 1.53 bits per heavy atom. The van der Waals surface area contributed by atoms with Crippen LogP contribution in [-0.4, -0.2) is 16.4 Å². The summed E-state index contributed by atoms with van der Waals surface area (Å²) in [4.78, 5) is 1.09. The zero-order chi connectivity index (χ0) is 10.5. The van der Waals surface area contributed by atoms with Crippen molar-refractivity contribution in [3.05, 3.63) is 34.8 Å². The Labute approximate surface area is 92.3 Å². The lowest BCUT2D eigenvalue weighted by Crippen LogP contribution is -2.09. The molecular formula is C10H13N3OS. The molecule has 0 amide bonds. The van der Waals surface area contributed by atoms with Gasteiger partial charge in [-0.3, -0.25) is 4.68 Å². The SMILES string of the molecule is NCc1sccc1OCCn1cccn1. The van der Waals surface area contributed by atoms with Gasteiger partial charge in [0.1, 0.15) is 12.4 Å². The number of hydrogen-bond acceptors (Lipinski definition) is 4. The molecular weight excluding hydrogens is 210 g/mol. The minimum Gasteiger partial charge on any atom is -0.490 e. The summed E-state index contributed by atoms with van der Waals surface area (Å²) in [5.74, 6) is 0.898. The van der Waals surface area contributed by atoms with E-state index < -0.39 is 0 Å². The van der Waals surface area contributed by atoms with Gasteiger partial charge in [0.2, 0.25) is 0 Å². The van der Waals surface area contributed by atoms with Crippen molar-refractivity contribution < 1.29 is 4.74 Å². The van der Waals surface area contributed by atoms with E-state index in [0.717, 1.165) is 17.2 Å². The summed E-state index contributed by atoms with van der Waals surface area (Å²) in [7, 11) is 0. The molecule has 0 aliphatic heterocycles. The molecule has 0 unspecified atom stereocenters. The second-order valence-electron chi connectivity index (χ2n) is 3.03. The van der Waals surface area contributed by atoms with Gasteiger partial charge in [0, 0.05) is 18.9 Å². The number of rotatable bonds is 5. The first-order chi connectivity index (χ1) is 7.40. The maximum absolute atomic E-state index is 5.61. The lowest BCUT2D eigenvalue weighted by atomic mass is 10.4. The van der Waals surface area contributed by atoms with Crippen molar-refractivity contribution in [1.29, 1.82) is 0 Å². The number of aromatic nitrogens is 2. The average molecular weight is 223 g/mol. The lowest BCUT2D eigenvalue weighted by Gasteiger charge is -2.06. The summed E-state index contributed by atoms with van der Waals surface area (Å²) in [6, 6.07) is 3.85. The van der Waals surface area contributed by atoms with Crippen LogP contribution in [0.2, 0.25) is 0 Å². The van der Waals surface area contributed by atoms with Crippen LogP contribution in [0.25, 0.3) is 0 Å². The predicted molar refractivity (Wildman–Crippen MR) is 59.9 cm³/mol. The summed E-state index contributed by atoms with van der Waals surface area (Å²) in [5, 5.41) is 6.08. The smallest absolute Gasteiger partial charge is 0.134 e. The van der Waals surface area contributed by atoms with Crippen LogP contribution in [-0.2, 0) is 13.1 Å². The predicted octanol–water partition coefficient (Wildman–Crippen LogP) is 1.48. The van der Waals surface area contributed by atoms with E-state index in [0.29, 0.717) is 13.2 Å². The third-order valence-electron chi connectivity index (χ3n) is 2.03. The molecule has 0 spiro atoms. The third kappa shape index (κ3) is 2.57. The first kappa shape index (κ1) is 10.2. The van der Waals surface area contributed by atoms with Crippen molar-refractivity contribution in [2.24, 2.45) is 5.73 Å². The summed E-state index contributed by atoms with van der Waals surface area (Å²) in [6.45, 7) is 1.91. The van der Waals surface area contributed by atoms with Gasteiger partial charge in [-0.15, -0.1) is 11.3 Å². The highest BCUT2D eigenvalue weighted by Crippen LogP contribution is 2.23. The summed E-state index contributed by atoms with van der Waals surface area (Å²) < 4.78 is 7.45. The summed E-state index contributed by atoms with van der Waals surface area (Å²) in [6.07, 6.45) is 3.68. The molecule has 80 valence electrons. The van der Waals surface area contributed by atoms with Crippen molar-refractivity contribution in [2.75, 3.05) is 6.61 Å². The topological polar surface area (TPSA) is 53.1 Å². The zero-order valence-electron chi connectivity index (χ0n) is 8.30. The van der Waals surface area contributed by atoms with E-state index in [4.69, 9.17) is 10.5 Å². The van der Waals surface area contributed by atoms with Gasteiger partial charge >= 0.3 is 0 Å². The fourth-order valence-electron chi connectivity index (χ4n) is 1.29. The van der Waals surface area contributed by atoms with E-state index in [2.05, 4.69) is 5.10 Å². The average Bonchev–Trinajstić information content (AvgIpc) is 2.88. The number of nitrogens with zero attached hydrogens (tertiary/aromatic N) is 2. The van der Waals surface area contributed by atoms with Gasteiger partial charge in [0.25, 0.3) is 0 Å². The van der Waals surface area contributed by atoms with Gasteiger partial charge in [0.05, 0.1) is 11.4 Å². The fraction of sp³-hybridized carbons (Fsp3) is 0.300. The number of hydrogen-bond donors (Lipinski definition) is 1. The van der Waals surface area contributed by atoms with Crippen molar-refractivity contribution in [2.45, 2.75) is 13.1 Å². The maximum Gasteiger partial charge on any atom is 0.134 e. The van der Waals surface area contributed by atoms with Crippen LogP contribution >= 0.6 is 11.3 Å². The van der Waals surface area contributed by atoms with Gasteiger partial charge in [-0.1, -0.05) is 0 Å². The van der Waals surface area contributed by atoms with Crippen LogP contribution in [0.4, 0.5) is 0 Å². The molecule has 5 heteroatoms. The summed E-state index contributed by atoms with van der Waals surface area (Å²) in [5.41, 5.74) is 5.57. The van der Waals surface area contributed by atoms with Crippen LogP contribution in [0, 0.1) is 0 Å². The molecule has 0 aromatic carbocycles. The molecule has 0 saturated carbocycles. The van der Waals surface area contributed by atoms with Crippen molar-refractivity contribution in [3.8, 4) is 5.75 Å². The molecule has 0 fully saturated rings. The van der Waals surface area contributed by atoms with E-state index in [-0.39, 0.29) is 0 Å². The molecule has 2 heterocycles. The molecule has 0 atom stereocenters. The van der Waals surface area contributed by atoms with Crippen LogP contribution < -0.4 is 10.5 Å². The van der Waals surface area contributed by atoms with Gasteiger partial charge in [-0.2, -0.15) is 5.10 Å². The maximum atomic E-state index is 5.61. The van der Waals surface area contributed by atoms with E-state index in [1.165, 1.54) is 0 Å². The molecule has 2 rings (SSSR count). The molecule has 0 saturated heterocycles. The largest absolute Gasteiger partial charge is 0.490 e. The van der Waals surface area contributed by atoms with Crippen molar-refractivity contribution in [1.82, 2.24) is 9.78 Å². The molecule has 2 N–H and O–H groups in total. The number of nitrogens with two attached hydrogens (primary N) is 1. The highest BCUT2D eigenvalue weighted by atomic mass is 32.1. The summed E-state index contributed by atoms with van der Waals surface area (Å²) >= 11 is 1.63. The Balaban J connectivity index is 1.83. The van der Waals surface area contributed by atoms with E-state index >= 15 is 0 Å². The second-order valence-corrected chi connectivity index (χ2v) is 4.03. The molecule has 0 radical (unpaired) electrons. The zero-order valence-corrected chi connectivity index (χ0v) is 9.11. The second kappa shape index (κ2) is 4.95. The molecule has 0 aliphatic carbocycles. The Bertz CT molecular complexity index is 396. The van der Waals surface area contributed by atoms with E-state index in [1.807, 2.05) is 28.4 Å². The van der Waals surface area contributed by atoms with Gasteiger partial charge in [-0.25, -0.2) is 0 Å². The third-order valence-corrected chi connectivity index (χ3v) is 2.95. The Hall–Kier alpha value is -1.33. The van der Waals surface area contributed by atoms with Gasteiger partial charge < -0.3 is 10.5 Å². The normalized spacial score (nSPS) is 10.5. The molecule has 2 aromatic heterocycles. The highest BCUT2D eigenvalue weighted by Gasteiger charge is 2.02. The Kier molecular flexibility index (Phi) is 3.37. The number of ether oxygens (including phenoxy) is 1. The first-order valence-electron chi connectivity index (χ1n) is 4.77. The molecule has 2 aromatic rings. The Morgan fingerprint density at radius 2 is 2.47 bits per heavy atom. The van der Waals surface area contributed by atoms with Gasteiger partial charge in [0.15, 0.2) is 0 Å². The standard InChI is InChI=1S/C10H13N3OS/c11-8-10-9(2-7-15-10)14-6-5-13-4-1-3-12-13/h1-4,7H,5-6,8,11H2. The molecule has 0 aliphatic rings. The van der Waals surface area contributed by atoms with E-state index in [9.17, 15) is 0 Å². The highest BCUT2D eigenvalue weighted by molar-refractivity contribution is 7.10. The number of thiophene rings is 1. The lowest BCUT2D eigenvalue weighted by molar-refractivity contribution is 0.290. The molecule has 4 nitrogen and oxygen atoms in total. The Morgan fingerprint density at radius 3 is 3.20 bits per heavy atom. The molecule has 0 bridgehead atoms. The monoisotopic (exact) mass is 223 g/mol. The van der Waals surface area contributed by atoms with E-state index in [1.54, 1.807) is 17.5 Å². The first-order valence-corrected chi connectivity index (χ1v) is 5.65. The van der Waals surface area contributed by atoms with Crippen LogP contribution in [0.3, 0.4) is 0 Å². The van der Waals surface area contributed by atoms with Crippen LogP contribution in [0.15, 0.2) is 29.9 Å². The molecule has 15 heavy (non-hydrogen) atoms. The van der Waals surface area contributed by atoms with Crippen molar-refractivity contribution in [3.63, 3.8) is 0 Å². The quantitative estimate of drug-likeness (QED) is 0.835. The fourth-order valence-corrected chi connectivity index (χ4v) is 1.98. The van der Waals surface area contributed by atoms with Gasteiger partial charge in [-0.05, 0) is 17.5 Å². The van der Waals surface area contributed by atoms with Crippen molar-refractivity contribution >= 4 is 11.3 Å². The minimum absolute atomic E-state index is 0.536. The van der Waals surface area contributed by atoms with Crippen LogP contribution in [0.1, 0.15) is 4.88 Å². The van der Waals surface area contributed by atoms with Crippen LogP contribution in [0.5, 0.6) is 5.75 Å².